The van der Waals surface area contributed by atoms with Crippen molar-refractivity contribution in [2.45, 2.75) is 19.3 Å². The van der Waals surface area contributed by atoms with Gasteiger partial charge < -0.3 is 10.2 Å². The average molecular weight is 419 g/mol. The van der Waals surface area contributed by atoms with Crippen LogP contribution < -0.4 is 15.5 Å². The van der Waals surface area contributed by atoms with Crippen molar-refractivity contribution in [3.63, 3.8) is 0 Å². The number of nitro groups is 1. The Kier molecular flexibility index (Phi) is 6.43. The highest BCUT2D eigenvalue weighted by atomic mass is 35.5. The van der Waals surface area contributed by atoms with Gasteiger partial charge in [0.1, 0.15) is 5.69 Å². The number of hydrogen-bond acceptors (Lipinski definition) is 5. The predicted octanol–water partition coefficient (Wildman–Crippen LogP) is 4.37. The lowest BCUT2D eigenvalue weighted by Crippen LogP contribution is -2.34. The van der Waals surface area contributed by atoms with Gasteiger partial charge in [-0.15, -0.1) is 0 Å². The standard InChI is InChI=1S/C19H19ClN4O3S/c20-14-6-2-3-7-15(14)21-19(28)22-18(25)13-8-9-16(17(12-13)24(26)27)23-10-4-1-5-11-23/h2-3,6-9,12H,1,4-5,10-11H2,(H2,21,22,25,28). The minimum absolute atomic E-state index is 0.0564. The second-order valence-electron chi connectivity index (χ2n) is 6.40. The van der Waals surface area contributed by atoms with Crippen LogP contribution >= 0.6 is 23.8 Å². The molecule has 0 aliphatic carbocycles. The molecule has 0 bridgehead atoms. The van der Waals surface area contributed by atoms with Crippen molar-refractivity contribution in [2.24, 2.45) is 0 Å². The van der Waals surface area contributed by atoms with E-state index >= 15 is 0 Å². The van der Waals surface area contributed by atoms with Crippen LogP contribution in [0.4, 0.5) is 17.1 Å². The second kappa shape index (κ2) is 8.99. The number of carbonyl (C=O) groups excluding carboxylic acids is 1. The largest absolute Gasteiger partial charge is 0.366 e. The first-order valence-electron chi connectivity index (χ1n) is 8.86. The number of anilines is 2. The van der Waals surface area contributed by atoms with Gasteiger partial charge in [-0.1, -0.05) is 23.7 Å². The molecule has 1 amide bonds. The number of rotatable bonds is 4. The summed E-state index contributed by atoms with van der Waals surface area (Å²) in [6.07, 6.45) is 3.13. The summed E-state index contributed by atoms with van der Waals surface area (Å²) in [4.78, 5) is 25.6. The Morgan fingerprint density at radius 1 is 1.14 bits per heavy atom. The van der Waals surface area contributed by atoms with Gasteiger partial charge in [-0.3, -0.25) is 20.2 Å². The summed E-state index contributed by atoms with van der Waals surface area (Å²) in [5.74, 6) is -0.530. The minimum atomic E-state index is -0.530. The number of thiocarbonyl (C=S) groups is 1. The molecule has 1 fully saturated rings. The molecule has 0 unspecified atom stereocenters. The van der Waals surface area contributed by atoms with E-state index in [1.165, 1.54) is 6.07 Å². The fourth-order valence-corrected chi connectivity index (χ4v) is 3.49. The zero-order chi connectivity index (χ0) is 20.1. The third kappa shape index (κ3) is 4.76. The Labute approximate surface area is 172 Å². The number of amides is 1. The highest BCUT2D eigenvalue weighted by molar-refractivity contribution is 7.80. The first-order chi connectivity index (χ1) is 13.5. The van der Waals surface area contributed by atoms with Crippen LogP contribution in [0.15, 0.2) is 42.5 Å². The van der Waals surface area contributed by atoms with Crippen molar-refractivity contribution in [2.75, 3.05) is 23.3 Å². The highest BCUT2D eigenvalue weighted by Gasteiger charge is 2.23. The molecule has 0 spiro atoms. The van der Waals surface area contributed by atoms with E-state index in [1.807, 2.05) is 4.90 Å². The smallest absolute Gasteiger partial charge is 0.293 e. The van der Waals surface area contributed by atoms with Gasteiger partial charge in [-0.05, 0) is 55.7 Å². The lowest BCUT2D eigenvalue weighted by atomic mass is 10.1. The molecule has 28 heavy (non-hydrogen) atoms. The molecule has 146 valence electrons. The van der Waals surface area contributed by atoms with E-state index in [4.69, 9.17) is 23.8 Å². The number of nitrogens with one attached hydrogen (secondary N) is 2. The van der Waals surface area contributed by atoms with Crippen molar-refractivity contribution in [3.8, 4) is 0 Å². The van der Waals surface area contributed by atoms with E-state index in [0.29, 0.717) is 16.4 Å². The van der Waals surface area contributed by atoms with Crippen LogP contribution in [0, 0.1) is 10.1 Å². The van der Waals surface area contributed by atoms with Crippen LogP contribution in [0.2, 0.25) is 5.02 Å². The maximum atomic E-state index is 12.5. The number of hydrogen-bond donors (Lipinski definition) is 2. The van der Waals surface area contributed by atoms with Gasteiger partial charge in [0.05, 0.1) is 15.6 Å². The van der Waals surface area contributed by atoms with E-state index in [0.717, 1.165) is 32.4 Å². The lowest BCUT2D eigenvalue weighted by molar-refractivity contribution is -0.384. The molecule has 1 aliphatic heterocycles. The molecular weight excluding hydrogens is 400 g/mol. The second-order valence-corrected chi connectivity index (χ2v) is 7.21. The fraction of sp³-hybridized carbons (Fsp3) is 0.263. The number of para-hydroxylation sites is 1. The average Bonchev–Trinajstić information content (AvgIpc) is 2.70. The van der Waals surface area contributed by atoms with Gasteiger partial charge in [0.15, 0.2) is 5.11 Å². The minimum Gasteiger partial charge on any atom is -0.366 e. The van der Waals surface area contributed by atoms with Gasteiger partial charge in [0.2, 0.25) is 0 Å². The topological polar surface area (TPSA) is 87.5 Å². The molecule has 0 aromatic heterocycles. The van der Waals surface area contributed by atoms with Gasteiger partial charge in [-0.25, -0.2) is 0 Å². The maximum absolute atomic E-state index is 12.5. The predicted molar refractivity (Wildman–Crippen MR) is 114 cm³/mol. The Bertz CT molecular complexity index is 916. The van der Waals surface area contributed by atoms with E-state index in [2.05, 4.69) is 10.6 Å². The number of halogens is 1. The summed E-state index contributed by atoms with van der Waals surface area (Å²) in [5.41, 5.74) is 1.18. The molecule has 0 saturated carbocycles. The Morgan fingerprint density at radius 2 is 1.86 bits per heavy atom. The molecular formula is C19H19ClN4O3S. The summed E-state index contributed by atoms with van der Waals surface area (Å²) in [6.45, 7) is 1.55. The summed E-state index contributed by atoms with van der Waals surface area (Å²) < 4.78 is 0. The molecule has 9 heteroatoms. The van der Waals surface area contributed by atoms with Crippen LogP contribution in [-0.2, 0) is 0 Å². The first kappa shape index (κ1) is 20.0. The highest BCUT2D eigenvalue weighted by Crippen LogP contribution is 2.31. The van der Waals surface area contributed by atoms with Crippen LogP contribution in [-0.4, -0.2) is 29.0 Å². The van der Waals surface area contributed by atoms with Crippen molar-refractivity contribution in [1.29, 1.82) is 0 Å². The van der Waals surface area contributed by atoms with E-state index in [9.17, 15) is 14.9 Å². The molecule has 0 radical (unpaired) electrons. The van der Waals surface area contributed by atoms with Crippen LogP contribution in [0.5, 0.6) is 0 Å². The SMILES string of the molecule is O=C(NC(=S)Nc1ccccc1Cl)c1ccc(N2CCCCC2)c([N+](=O)[O-])c1. The molecule has 2 aromatic carbocycles. The van der Waals surface area contributed by atoms with Gasteiger partial charge in [0, 0.05) is 24.7 Å². The summed E-state index contributed by atoms with van der Waals surface area (Å²) >= 11 is 11.2. The number of benzene rings is 2. The van der Waals surface area contributed by atoms with Crippen LogP contribution in [0.3, 0.4) is 0 Å². The quantitative estimate of drug-likeness (QED) is 0.435. The lowest BCUT2D eigenvalue weighted by Gasteiger charge is -2.28. The fourth-order valence-electron chi connectivity index (χ4n) is 3.10. The first-order valence-corrected chi connectivity index (χ1v) is 9.64. The van der Waals surface area contributed by atoms with Crippen molar-refractivity contribution < 1.29 is 9.72 Å². The molecule has 3 rings (SSSR count). The van der Waals surface area contributed by atoms with E-state index < -0.39 is 10.8 Å². The Morgan fingerprint density at radius 3 is 2.54 bits per heavy atom. The van der Waals surface area contributed by atoms with E-state index in [-0.39, 0.29) is 16.4 Å². The van der Waals surface area contributed by atoms with Crippen molar-refractivity contribution >= 4 is 51.9 Å². The molecule has 1 saturated heterocycles. The maximum Gasteiger partial charge on any atom is 0.293 e. The molecule has 0 atom stereocenters. The third-order valence-electron chi connectivity index (χ3n) is 4.48. The Balaban J connectivity index is 1.74. The summed E-state index contributed by atoms with van der Waals surface area (Å²) in [5, 5.41) is 17.4. The van der Waals surface area contributed by atoms with Crippen LogP contribution in [0.1, 0.15) is 29.6 Å². The molecule has 7 nitrogen and oxygen atoms in total. The van der Waals surface area contributed by atoms with E-state index in [1.54, 1.807) is 36.4 Å². The molecule has 1 heterocycles. The number of nitro benzene ring substituents is 1. The van der Waals surface area contributed by atoms with Gasteiger partial charge >= 0.3 is 0 Å². The van der Waals surface area contributed by atoms with Gasteiger partial charge in [-0.2, -0.15) is 0 Å². The van der Waals surface area contributed by atoms with Crippen LogP contribution in [0.25, 0.3) is 0 Å². The molecule has 1 aliphatic rings. The number of nitrogens with zero attached hydrogens (tertiary/aromatic N) is 2. The van der Waals surface area contributed by atoms with Crippen molar-refractivity contribution in [3.05, 3.63) is 63.2 Å². The monoisotopic (exact) mass is 418 g/mol. The number of piperidine rings is 1. The number of carbonyl (C=O) groups is 1. The molecule has 2 N–H and O–H groups in total. The summed E-state index contributed by atoms with van der Waals surface area (Å²) in [6, 6.07) is 11.5. The molecule has 2 aromatic rings. The summed E-state index contributed by atoms with van der Waals surface area (Å²) in [7, 11) is 0. The normalized spacial score (nSPS) is 13.7. The third-order valence-corrected chi connectivity index (χ3v) is 5.01. The zero-order valence-electron chi connectivity index (χ0n) is 15.0. The van der Waals surface area contributed by atoms with Crippen molar-refractivity contribution in [1.82, 2.24) is 5.32 Å². The zero-order valence-corrected chi connectivity index (χ0v) is 16.6. The Hall–Kier alpha value is -2.71. The van der Waals surface area contributed by atoms with Gasteiger partial charge in [0.25, 0.3) is 11.6 Å².